The Labute approximate surface area is 184 Å². The fourth-order valence-corrected chi connectivity index (χ4v) is 5.14. The predicted molar refractivity (Wildman–Crippen MR) is 120 cm³/mol. The fourth-order valence-electron chi connectivity index (χ4n) is 3.11. The van der Waals surface area contributed by atoms with Gasteiger partial charge in [0, 0.05) is 6.54 Å². The molecule has 0 aliphatic heterocycles. The van der Waals surface area contributed by atoms with E-state index in [4.69, 9.17) is 4.74 Å². The number of fused-ring (bicyclic) bond motifs is 1. The molecule has 0 atom stereocenters. The zero-order valence-electron chi connectivity index (χ0n) is 17.6. The maximum absolute atomic E-state index is 12.6. The number of carbonyl (C=O) groups is 2. The van der Waals surface area contributed by atoms with Gasteiger partial charge >= 0.3 is 5.97 Å². The topological polar surface area (TPSA) is 94.8 Å². The quantitative estimate of drug-likeness (QED) is 0.504. The number of nitrogens with zero attached hydrogens (tertiary/aromatic N) is 2. The minimum Gasteiger partial charge on any atom is -0.462 e. The van der Waals surface area contributed by atoms with Crippen molar-refractivity contribution in [2.45, 2.75) is 38.6 Å². The number of hydrogen-bond donors (Lipinski definition) is 0. The Kier molecular flexibility index (Phi) is 7.07. The monoisotopic (exact) mass is 460 g/mol. The van der Waals surface area contributed by atoms with E-state index in [2.05, 4.69) is 4.99 Å². The van der Waals surface area contributed by atoms with Crippen molar-refractivity contribution in [2.75, 3.05) is 12.4 Å². The molecule has 31 heavy (non-hydrogen) atoms. The van der Waals surface area contributed by atoms with Crippen LogP contribution in [-0.2, 0) is 32.3 Å². The normalized spacial score (nSPS) is 12.3. The molecule has 0 bridgehead atoms. The van der Waals surface area contributed by atoms with Crippen molar-refractivity contribution >= 4 is 43.3 Å². The number of ether oxygens (including phenoxy) is 1. The first-order chi connectivity index (χ1) is 14.8. The van der Waals surface area contributed by atoms with Crippen LogP contribution >= 0.6 is 11.3 Å². The van der Waals surface area contributed by atoms with Gasteiger partial charge in [0.15, 0.2) is 14.6 Å². The second-order valence-corrected chi connectivity index (χ2v) is 10.0. The summed E-state index contributed by atoms with van der Waals surface area (Å²) in [6, 6.07) is 11.6. The van der Waals surface area contributed by atoms with Crippen molar-refractivity contribution in [1.82, 2.24) is 4.57 Å². The summed E-state index contributed by atoms with van der Waals surface area (Å²) in [7, 11) is -3.27. The Morgan fingerprint density at radius 1 is 1.06 bits per heavy atom. The summed E-state index contributed by atoms with van der Waals surface area (Å²) in [4.78, 5) is 29.6. The molecule has 0 N–H and O–H groups in total. The van der Waals surface area contributed by atoms with Gasteiger partial charge in [0.2, 0.25) is 0 Å². The molecule has 0 fully saturated rings. The summed E-state index contributed by atoms with van der Waals surface area (Å²) in [5.74, 6) is -0.684. The lowest BCUT2D eigenvalue weighted by Crippen LogP contribution is -2.16. The van der Waals surface area contributed by atoms with Gasteiger partial charge in [-0.3, -0.25) is 4.79 Å². The number of aryl methyl sites for hydroxylation is 1. The Morgan fingerprint density at radius 3 is 2.39 bits per heavy atom. The smallest absolute Gasteiger partial charge is 0.338 e. The molecule has 0 saturated carbocycles. The van der Waals surface area contributed by atoms with Crippen LogP contribution in [0.3, 0.4) is 0 Å². The number of rotatable bonds is 7. The molecule has 0 aliphatic carbocycles. The van der Waals surface area contributed by atoms with Crippen LogP contribution in [-0.4, -0.2) is 37.2 Å². The van der Waals surface area contributed by atoms with Crippen LogP contribution in [0.5, 0.6) is 0 Å². The molecule has 0 spiro atoms. The SMILES string of the molecule is CCOC(=O)c1ccc2c(c1)sc(=NC(=O)Cc1ccc(S(=O)(=O)CC)cc1)n2CC. The van der Waals surface area contributed by atoms with Crippen LogP contribution in [0.15, 0.2) is 52.4 Å². The average Bonchev–Trinajstić information content (AvgIpc) is 3.10. The maximum Gasteiger partial charge on any atom is 0.338 e. The largest absolute Gasteiger partial charge is 0.462 e. The first-order valence-corrected chi connectivity index (χ1v) is 12.5. The number of sulfone groups is 1. The third-order valence-electron chi connectivity index (χ3n) is 4.75. The van der Waals surface area contributed by atoms with Gasteiger partial charge in [-0.2, -0.15) is 4.99 Å². The second-order valence-electron chi connectivity index (χ2n) is 6.76. The first-order valence-electron chi connectivity index (χ1n) is 9.98. The van der Waals surface area contributed by atoms with Gasteiger partial charge < -0.3 is 9.30 Å². The third-order valence-corrected chi connectivity index (χ3v) is 7.54. The highest BCUT2D eigenvalue weighted by atomic mass is 32.2. The average molecular weight is 461 g/mol. The highest BCUT2D eigenvalue weighted by Gasteiger charge is 2.13. The molecule has 0 saturated heterocycles. The van der Waals surface area contributed by atoms with Crippen LogP contribution in [0.2, 0.25) is 0 Å². The lowest BCUT2D eigenvalue weighted by atomic mass is 10.1. The molecule has 7 nitrogen and oxygen atoms in total. The molecule has 0 aliphatic rings. The number of hydrogen-bond acceptors (Lipinski definition) is 6. The van der Waals surface area contributed by atoms with E-state index in [0.29, 0.717) is 29.1 Å². The van der Waals surface area contributed by atoms with E-state index in [-0.39, 0.29) is 28.9 Å². The van der Waals surface area contributed by atoms with E-state index >= 15 is 0 Å². The number of aromatic nitrogens is 1. The Balaban J connectivity index is 1.88. The fraction of sp³-hybridized carbons (Fsp3) is 0.318. The lowest BCUT2D eigenvalue weighted by molar-refractivity contribution is -0.117. The minimum atomic E-state index is -3.27. The van der Waals surface area contributed by atoms with E-state index in [1.165, 1.54) is 23.5 Å². The van der Waals surface area contributed by atoms with Crippen molar-refractivity contribution in [1.29, 1.82) is 0 Å². The van der Waals surface area contributed by atoms with Crippen LogP contribution in [0, 0.1) is 0 Å². The number of carbonyl (C=O) groups excluding carboxylic acids is 2. The molecule has 3 aromatic rings. The van der Waals surface area contributed by atoms with Gasteiger partial charge in [0.25, 0.3) is 5.91 Å². The van der Waals surface area contributed by atoms with E-state index in [0.717, 1.165) is 10.2 Å². The highest BCUT2D eigenvalue weighted by molar-refractivity contribution is 7.91. The summed E-state index contributed by atoms with van der Waals surface area (Å²) >= 11 is 1.33. The zero-order valence-corrected chi connectivity index (χ0v) is 19.3. The van der Waals surface area contributed by atoms with Crippen molar-refractivity contribution < 1.29 is 22.7 Å². The Morgan fingerprint density at radius 2 is 1.77 bits per heavy atom. The van der Waals surface area contributed by atoms with Crippen LogP contribution < -0.4 is 4.80 Å². The van der Waals surface area contributed by atoms with Crippen LogP contribution in [0.4, 0.5) is 0 Å². The highest BCUT2D eigenvalue weighted by Crippen LogP contribution is 2.20. The van der Waals surface area contributed by atoms with Crippen molar-refractivity contribution in [3.63, 3.8) is 0 Å². The summed E-state index contributed by atoms with van der Waals surface area (Å²) in [5, 5.41) is 0. The molecule has 3 rings (SSSR count). The Bertz CT molecular complexity index is 1290. The van der Waals surface area contributed by atoms with Gasteiger partial charge in [-0.25, -0.2) is 13.2 Å². The van der Waals surface area contributed by atoms with E-state index < -0.39 is 9.84 Å². The standard InChI is InChI=1S/C22H24N2O5S2/c1-4-24-18-12-9-16(21(26)29-5-2)14-19(18)30-22(24)23-20(25)13-15-7-10-17(11-8-15)31(27,28)6-3/h7-12,14H,4-6,13H2,1-3H3. The Hall–Kier alpha value is -2.78. The van der Waals surface area contributed by atoms with Crippen LogP contribution in [0.1, 0.15) is 36.7 Å². The predicted octanol–water partition coefficient (Wildman–Crippen LogP) is 3.36. The van der Waals surface area contributed by atoms with Gasteiger partial charge in [0.1, 0.15) is 0 Å². The van der Waals surface area contributed by atoms with Crippen molar-refractivity contribution in [2.24, 2.45) is 4.99 Å². The molecule has 0 unspecified atom stereocenters. The number of esters is 1. The number of benzene rings is 2. The molecule has 2 aromatic carbocycles. The van der Waals surface area contributed by atoms with Gasteiger partial charge in [-0.15, -0.1) is 0 Å². The second kappa shape index (κ2) is 9.57. The third kappa shape index (κ3) is 5.11. The molecular formula is C22H24N2O5S2. The van der Waals surface area contributed by atoms with E-state index in [9.17, 15) is 18.0 Å². The summed E-state index contributed by atoms with van der Waals surface area (Å²) in [6.07, 6.45) is 0.0679. The molecule has 1 heterocycles. The van der Waals surface area contributed by atoms with Gasteiger partial charge in [-0.1, -0.05) is 30.4 Å². The summed E-state index contributed by atoms with van der Waals surface area (Å²) in [6.45, 7) is 6.23. The maximum atomic E-state index is 12.6. The summed E-state index contributed by atoms with van der Waals surface area (Å²) < 4.78 is 31.6. The zero-order chi connectivity index (χ0) is 22.6. The minimum absolute atomic E-state index is 0.0292. The van der Waals surface area contributed by atoms with E-state index in [1.807, 2.05) is 17.6 Å². The first kappa shape index (κ1) is 22.9. The number of amides is 1. The molecule has 9 heteroatoms. The number of thiazole rings is 1. The molecule has 0 radical (unpaired) electrons. The lowest BCUT2D eigenvalue weighted by Gasteiger charge is -2.03. The summed E-state index contributed by atoms with van der Waals surface area (Å²) in [5.41, 5.74) is 2.04. The molecule has 164 valence electrons. The molecule has 1 amide bonds. The van der Waals surface area contributed by atoms with Gasteiger partial charge in [-0.05, 0) is 49.7 Å². The van der Waals surface area contributed by atoms with Crippen molar-refractivity contribution in [3.05, 3.63) is 58.4 Å². The van der Waals surface area contributed by atoms with Crippen LogP contribution in [0.25, 0.3) is 10.2 Å². The van der Waals surface area contributed by atoms with Gasteiger partial charge in [0.05, 0.1) is 39.5 Å². The van der Waals surface area contributed by atoms with E-state index in [1.54, 1.807) is 38.1 Å². The molecular weight excluding hydrogens is 436 g/mol. The van der Waals surface area contributed by atoms with Crippen molar-refractivity contribution in [3.8, 4) is 0 Å². The molecule has 1 aromatic heterocycles.